The van der Waals surface area contributed by atoms with Gasteiger partial charge in [-0.25, -0.2) is 4.39 Å². The lowest BCUT2D eigenvalue weighted by Gasteiger charge is -2.13. The Balaban J connectivity index is 1.59. The summed E-state index contributed by atoms with van der Waals surface area (Å²) >= 11 is 3.34. The second-order valence-electron chi connectivity index (χ2n) is 6.74. The number of aryl methyl sites for hydroxylation is 1. The highest BCUT2D eigenvalue weighted by molar-refractivity contribution is 9.10. The number of para-hydroxylation sites is 1. The average Bonchev–Trinajstić information content (AvgIpc) is 3.21. The predicted octanol–water partition coefficient (Wildman–Crippen LogP) is 4.38. The fourth-order valence-electron chi connectivity index (χ4n) is 3.03. The van der Waals surface area contributed by atoms with Gasteiger partial charge in [0.25, 0.3) is 11.8 Å². The quantitative estimate of drug-likeness (QED) is 0.428. The van der Waals surface area contributed by atoms with E-state index in [-0.39, 0.29) is 17.2 Å². The monoisotopic (exact) mass is 494 g/mol. The van der Waals surface area contributed by atoms with E-state index in [2.05, 4.69) is 42.1 Å². The van der Waals surface area contributed by atoms with Crippen LogP contribution in [0.15, 0.2) is 71.2 Å². The van der Waals surface area contributed by atoms with Crippen LogP contribution in [-0.2, 0) is 0 Å². The molecule has 2 amide bonds. The molecule has 8 nitrogen and oxygen atoms in total. The Kier molecular flexibility index (Phi) is 6.04. The van der Waals surface area contributed by atoms with Gasteiger partial charge in [-0.1, -0.05) is 24.3 Å². The van der Waals surface area contributed by atoms with Gasteiger partial charge in [-0.05, 0) is 75.7 Å². The molecule has 0 aliphatic carbocycles. The van der Waals surface area contributed by atoms with Crippen molar-refractivity contribution >= 4 is 39.1 Å². The second-order valence-corrected chi connectivity index (χ2v) is 7.59. The van der Waals surface area contributed by atoms with Crippen molar-refractivity contribution in [3.63, 3.8) is 0 Å². The minimum absolute atomic E-state index is 0.0469. The third-order valence-electron chi connectivity index (χ3n) is 4.61. The van der Waals surface area contributed by atoms with Crippen molar-refractivity contribution in [2.24, 2.45) is 0 Å². The molecule has 0 fully saturated rings. The van der Waals surface area contributed by atoms with E-state index in [1.165, 1.54) is 28.9 Å². The van der Waals surface area contributed by atoms with Crippen LogP contribution in [0.4, 0.5) is 15.8 Å². The van der Waals surface area contributed by atoms with Crippen LogP contribution in [0.3, 0.4) is 0 Å². The van der Waals surface area contributed by atoms with Crippen LogP contribution in [0.5, 0.6) is 0 Å². The maximum Gasteiger partial charge on any atom is 0.257 e. The molecule has 0 atom stereocenters. The first-order valence-electron chi connectivity index (χ1n) is 9.45. The summed E-state index contributed by atoms with van der Waals surface area (Å²) < 4.78 is 16.5. The lowest BCUT2D eigenvalue weighted by atomic mass is 10.1. The van der Waals surface area contributed by atoms with Crippen LogP contribution >= 0.6 is 15.9 Å². The van der Waals surface area contributed by atoms with Crippen molar-refractivity contribution in [1.29, 1.82) is 0 Å². The summed E-state index contributed by atoms with van der Waals surface area (Å²) in [5.74, 6) is -1.09. The summed E-state index contributed by atoms with van der Waals surface area (Å²) in [6, 6.07) is 17.6. The molecule has 0 spiro atoms. The largest absolute Gasteiger partial charge is 0.321 e. The summed E-state index contributed by atoms with van der Waals surface area (Å²) in [5, 5.41) is 16.5. The Hall–Kier alpha value is -3.92. The van der Waals surface area contributed by atoms with Crippen molar-refractivity contribution in [1.82, 2.24) is 20.2 Å². The number of carbonyl (C=O) groups excluding carboxylic acids is 2. The molecule has 0 saturated heterocycles. The zero-order valence-electron chi connectivity index (χ0n) is 16.7. The van der Waals surface area contributed by atoms with Gasteiger partial charge in [-0.3, -0.25) is 9.59 Å². The molecule has 1 heterocycles. The third kappa shape index (κ3) is 4.40. The molecule has 0 aliphatic heterocycles. The molecule has 0 saturated carbocycles. The van der Waals surface area contributed by atoms with E-state index in [9.17, 15) is 14.0 Å². The molecule has 1 aromatic heterocycles. The zero-order valence-corrected chi connectivity index (χ0v) is 18.3. The first-order chi connectivity index (χ1) is 15.4. The number of nitrogens with one attached hydrogen (secondary N) is 2. The summed E-state index contributed by atoms with van der Waals surface area (Å²) in [6.07, 6.45) is 0. The Bertz CT molecular complexity index is 1320. The van der Waals surface area contributed by atoms with Crippen LogP contribution in [0.1, 0.15) is 26.5 Å². The van der Waals surface area contributed by atoms with Crippen molar-refractivity contribution in [2.75, 3.05) is 10.6 Å². The maximum atomic E-state index is 14.4. The van der Waals surface area contributed by atoms with Crippen LogP contribution in [0.25, 0.3) is 5.69 Å². The number of anilines is 2. The summed E-state index contributed by atoms with van der Waals surface area (Å²) in [4.78, 5) is 25.6. The fourth-order valence-corrected chi connectivity index (χ4v) is 3.49. The standard InChI is InChI=1S/C22H16BrFN6O2/c1-13-27-28-29-30(13)14-10-11-18(24)20(12-14)26-22(32)16-7-3-5-9-19(16)25-21(31)15-6-2-4-8-17(15)23/h2-12H,1H3,(H,25,31)(H,26,32). The highest BCUT2D eigenvalue weighted by Crippen LogP contribution is 2.23. The Labute approximate surface area is 190 Å². The number of hydrogen-bond acceptors (Lipinski definition) is 5. The van der Waals surface area contributed by atoms with E-state index >= 15 is 0 Å². The van der Waals surface area contributed by atoms with Crippen LogP contribution in [-0.4, -0.2) is 32.0 Å². The molecule has 0 bridgehead atoms. The number of rotatable bonds is 5. The number of benzene rings is 3. The second kappa shape index (κ2) is 9.06. The lowest BCUT2D eigenvalue weighted by molar-refractivity contribution is 0.102. The Morgan fingerprint density at radius 3 is 2.28 bits per heavy atom. The molecule has 32 heavy (non-hydrogen) atoms. The van der Waals surface area contributed by atoms with Crippen molar-refractivity contribution in [3.8, 4) is 5.69 Å². The van der Waals surface area contributed by atoms with Crippen molar-refractivity contribution in [3.05, 3.63) is 94.0 Å². The number of nitrogens with zero attached hydrogens (tertiary/aromatic N) is 4. The van der Waals surface area contributed by atoms with Gasteiger partial charge in [0, 0.05) is 4.47 Å². The summed E-state index contributed by atoms with van der Waals surface area (Å²) in [7, 11) is 0. The smallest absolute Gasteiger partial charge is 0.257 e. The first-order valence-corrected chi connectivity index (χ1v) is 10.2. The molecular weight excluding hydrogens is 479 g/mol. The molecule has 4 rings (SSSR count). The number of amides is 2. The fraction of sp³-hybridized carbons (Fsp3) is 0.0455. The normalized spacial score (nSPS) is 10.6. The number of aromatic nitrogens is 4. The van der Waals surface area contributed by atoms with Gasteiger partial charge >= 0.3 is 0 Å². The van der Waals surface area contributed by atoms with Gasteiger partial charge in [0.15, 0.2) is 5.82 Å². The van der Waals surface area contributed by atoms with Gasteiger partial charge in [0.1, 0.15) is 5.82 Å². The summed E-state index contributed by atoms with van der Waals surface area (Å²) in [6.45, 7) is 1.70. The number of tetrazole rings is 1. The maximum absolute atomic E-state index is 14.4. The van der Waals surface area contributed by atoms with Crippen molar-refractivity contribution < 1.29 is 14.0 Å². The minimum atomic E-state index is -0.623. The van der Waals surface area contributed by atoms with Crippen LogP contribution in [0.2, 0.25) is 0 Å². The molecule has 2 N–H and O–H groups in total. The minimum Gasteiger partial charge on any atom is -0.321 e. The topological polar surface area (TPSA) is 102 Å². The number of halogens is 2. The van der Waals surface area contributed by atoms with E-state index in [4.69, 9.17) is 0 Å². The van der Waals surface area contributed by atoms with Crippen molar-refractivity contribution in [2.45, 2.75) is 6.92 Å². The van der Waals surface area contributed by atoms with E-state index in [0.717, 1.165) is 0 Å². The third-order valence-corrected chi connectivity index (χ3v) is 5.30. The number of hydrogen-bond donors (Lipinski definition) is 2. The van der Waals surface area contributed by atoms with Gasteiger partial charge in [-0.2, -0.15) is 4.68 Å². The van der Waals surface area contributed by atoms with E-state index in [1.807, 2.05) is 0 Å². The molecule has 0 aliphatic rings. The molecule has 0 unspecified atom stereocenters. The van der Waals surface area contributed by atoms with Crippen LogP contribution in [0, 0.1) is 12.7 Å². The van der Waals surface area contributed by atoms with E-state index < -0.39 is 11.7 Å². The first kappa shape index (κ1) is 21.3. The van der Waals surface area contributed by atoms with Gasteiger partial charge in [0.05, 0.1) is 28.2 Å². The van der Waals surface area contributed by atoms with Crippen LogP contribution < -0.4 is 10.6 Å². The molecule has 0 radical (unpaired) electrons. The zero-order chi connectivity index (χ0) is 22.7. The predicted molar refractivity (Wildman–Crippen MR) is 120 cm³/mol. The molecule has 160 valence electrons. The lowest BCUT2D eigenvalue weighted by Crippen LogP contribution is -2.19. The summed E-state index contributed by atoms with van der Waals surface area (Å²) in [5.41, 5.74) is 1.32. The molecule has 4 aromatic rings. The van der Waals surface area contributed by atoms with Gasteiger partial charge < -0.3 is 10.6 Å². The molecule has 10 heteroatoms. The highest BCUT2D eigenvalue weighted by Gasteiger charge is 2.17. The average molecular weight is 495 g/mol. The highest BCUT2D eigenvalue weighted by atomic mass is 79.9. The SMILES string of the molecule is Cc1nnnn1-c1ccc(F)c(NC(=O)c2ccccc2NC(=O)c2ccccc2Br)c1. The Morgan fingerprint density at radius 2 is 1.56 bits per heavy atom. The number of carbonyl (C=O) groups is 2. The van der Waals surface area contributed by atoms with E-state index in [0.29, 0.717) is 27.2 Å². The Morgan fingerprint density at radius 1 is 0.906 bits per heavy atom. The molecule has 3 aromatic carbocycles. The van der Waals surface area contributed by atoms with E-state index in [1.54, 1.807) is 49.4 Å². The molecular formula is C22H16BrFN6O2. The van der Waals surface area contributed by atoms with Gasteiger partial charge in [0.2, 0.25) is 0 Å². The van der Waals surface area contributed by atoms with Gasteiger partial charge in [-0.15, -0.1) is 5.10 Å².